The normalized spacial score (nSPS) is 33.0. The molecular formula is C21H40. The van der Waals surface area contributed by atoms with Crippen molar-refractivity contribution < 1.29 is 0 Å². The lowest BCUT2D eigenvalue weighted by Gasteiger charge is -2.33. The van der Waals surface area contributed by atoms with Crippen LogP contribution >= 0.6 is 0 Å². The molecule has 2 rings (SSSR count). The summed E-state index contributed by atoms with van der Waals surface area (Å²) in [4.78, 5) is 0. The van der Waals surface area contributed by atoms with E-state index in [1.165, 1.54) is 57.8 Å². The molecule has 0 bridgehead atoms. The predicted octanol–water partition coefficient (Wildman–Crippen LogP) is 7.08. The van der Waals surface area contributed by atoms with E-state index in [1.54, 1.807) is 6.42 Å². The fourth-order valence-electron chi connectivity index (χ4n) is 4.88. The van der Waals surface area contributed by atoms with Gasteiger partial charge in [-0.05, 0) is 47.8 Å². The molecule has 21 heavy (non-hydrogen) atoms. The van der Waals surface area contributed by atoms with Crippen LogP contribution in [0.4, 0.5) is 0 Å². The van der Waals surface area contributed by atoms with E-state index in [0.717, 1.165) is 29.6 Å². The zero-order valence-corrected chi connectivity index (χ0v) is 15.5. The Morgan fingerprint density at radius 2 is 1.52 bits per heavy atom. The quantitative estimate of drug-likeness (QED) is 0.357. The highest BCUT2D eigenvalue weighted by atomic mass is 14.6. The van der Waals surface area contributed by atoms with E-state index in [4.69, 9.17) is 0 Å². The molecule has 0 saturated heterocycles. The third-order valence-electron chi connectivity index (χ3n) is 7.03. The van der Waals surface area contributed by atoms with Gasteiger partial charge in [0.25, 0.3) is 0 Å². The molecule has 2 aliphatic carbocycles. The molecule has 0 amide bonds. The minimum absolute atomic E-state index is 0.598. The van der Waals surface area contributed by atoms with Gasteiger partial charge in [-0.1, -0.05) is 86.0 Å². The molecule has 0 spiro atoms. The standard InChI is InChI=1S/C21H40/c1-6-8-10-11-13-17-14-19(17)16(3)21(4,5)20-15-18(20)12-9-7-2/h16-20H,6-15H2,1-5H3. The number of hydrogen-bond donors (Lipinski definition) is 0. The SMILES string of the molecule is CCCCCCC1CC1C(C)C(C)(C)C1CC1CCCC. The van der Waals surface area contributed by atoms with Gasteiger partial charge in [-0.2, -0.15) is 0 Å². The first-order valence-corrected chi connectivity index (χ1v) is 10.0. The first-order valence-electron chi connectivity index (χ1n) is 10.0. The van der Waals surface area contributed by atoms with Crippen LogP contribution in [0.3, 0.4) is 0 Å². The Labute approximate surface area is 134 Å². The molecule has 5 atom stereocenters. The van der Waals surface area contributed by atoms with Gasteiger partial charge in [0.05, 0.1) is 0 Å². The average molecular weight is 293 g/mol. The second-order valence-electron chi connectivity index (χ2n) is 8.86. The summed E-state index contributed by atoms with van der Waals surface area (Å²) in [7, 11) is 0. The maximum absolute atomic E-state index is 2.58. The summed E-state index contributed by atoms with van der Waals surface area (Å²) in [6, 6.07) is 0. The van der Waals surface area contributed by atoms with Crippen LogP contribution in [0.5, 0.6) is 0 Å². The Kier molecular flexibility index (Phi) is 6.21. The van der Waals surface area contributed by atoms with Crippen molar-refractivity contribution >= 4 is 0 Å². The number of unbranched alkanes of at least 4 members (excludes halogenated alkanes) is 4. The minimum atomic E-state index is 0.598. The lowest BCUT2D eigenvalue weighted by molar-refractivity contribution is 0.151. The zero-order chi connectivity index (χ0) is 15.5. The van der Waals surface area contributed by atoms with E-state index in [9.17, 15) is 0 Å². The van der Waals surface area contributed by atoms with E-state index in [1.807, 2.05) is 0 Å². The lowest BCUT2D eigenvalue weighted by Crippen LogP contribution is -2.27. The molecule has 0 aliphatic heterocycles. The van der Waals surface area contributed by atoms with Crippen LogP contribution in [0.2, 0.25) is 0 Å². The van der Waals surface area contributed by atoms with Gasteiger partial charge in [0, 0.05) is 0 Å². The van der Waals surface area contributed by atoms with Crippen molar-refractivity contribution in [3.8, 4) is 0 Å². The fourth-order valence-corrected chi connectivity index (χ4v) is 4.88. The monoisotopic (exact) mass is 292 g/mol. The molecule has 0 aromatic carbocycles. The smallest absolute Gasteiger partial charge is 0.0295 e. The van der Waals surface area contributed by atoms with Crippen molar-refractivity contribution in [2.45, 2.75) is 98.8 Å². The molecule has 2 fully saturated rings. The molecule has 2 aliphatic rings. The summed E-state index contributed by atoms with van der Waals surface area (Å²) in [6.07, 6.45) is 14.7. The van der Waals surface area contributed by atoms with Crippen LogP contribution in [0.1, 0.15) is 98.8 Å². The van der Waals surface area contributed by atoms with Gasteiger partial charge in [-0.3, -0.25) is 0 Å². The maximum atomic E-state index is 2.58. The highest BCUT2D eigenvalue weighted by Gasteiger charge is 2.54. The van der Waals surface area contributed by atoms with Crippen molar-refractivity contribution in [1.82, 2.24) is 0 Å². The van der Waals surface area contributed by atoms with Gasteiger partial charge in [0.2, 0.25) is 0 Å². The van der Waals surface area contributed by atoms with Gasteiger partial charge < -0.3 is 0 Å². The highest BCUT2D eigenvalue weighted by Crippen LogP contribution is 2.61. The van der Waals surface area contributed by atoms with Crippen LogP contribution in [0.25, 0.3) is 0 Å². The second kappa shape index (κ2) is 7.51. The number of hydrogen-bond acceptors (Lipinski definition) is 0. The van der Waals surface area contributed by atoms with Crippen molar-refractivity contribution in [2.24, 2.45) is 35.0 Å². The molecule has 0 heteroatoms. The average Bonchev–Trinajstić information content (AvgIpc) is 3.35. The van der Waals surface area contributed by atoms with Crippen molar-refractivity contribution in [3.05, 3.63) is 0 Å². The Morgan fingerprint density at radius 1 is 0.857 bits per heavy atom. The van der Waals surface area contributed by atoms with Gasteiger partial charge in [0.1, 0.15) is 0 Å². The molecule has 0 aromatic heterocycles. The summed E-state index contributed by atoms with van der Waals surface area (Å²) >= 11 is 0. The van der Waals surface area contributed by atoms with E-state index < -0.39 is 0 Å². The van der Waals surface area contributed by atoms with Gasteiger partial charge >= 0.3 is 0 Å². The second-order valence-corrected chi connectivity index (χ2v) is 8.86. The largest absolute Gasteiger partial charge is 0.0654 e. The fraction of sp³-hybridized carbons (Fsp3) is 1.00. The third kappa shape index (κ3) is 4.49. The van der Waals surface area contributed by atoms with Gasteiger partial charge in [-0.15, -0.1) is 0 Å². The lowest BCUT2D eigenvalue weighted by atomic mass is 9.72. The predicted molar refractivity (Wildman–Crippen MR) is 94.4 cm³/mol. The summed E-state index contributed by atoms with van der Waals surface area (Å²) in [5.41, 5.74) is 0.598. The van der Waals surface area contributed by atoms with E-state index >= 15 is 0 Å². The Morgan fingerprint density at radius 3 is 2.19 bits per heavy atom. The first-order chi connectivity index (χ1) is 10.0. The summed E-state index contributed by atoms with van der Waals surface area (Å²) in [5, 5.41) is 0. The molecule has 0 heterocycles. The molecule has 0 nitrogen and oxygen atoms in total. The van der Waals surface area contributed by atoms with E-state index in [-0.39, 0.29) is 0 Å². The number of rotatable bonds is 11. The van der Waals surface area contributed by atoms with Crippen molar-refractivity contribution in [3.63, 3.8) is 0 Å². The van der Waals surface area contributed by atoms with Crippen LogP contribution in [0.15, 0.2) is 0 Å². The molecule has 124 valence electrons. The van der Waals surface area contributed by atoms with E-state index in [0.29, 0.717) is 5.41 Å². The summed E-state index contributed by atoms with van der Waals surface area (Å²) in [6.45, 7) is 12.4. The highest BCUT2D eigenvalue weighted by molar-refractivity contribution is 5.03. The summed E-state index contributed by atoms with van der Waals surface area (Å²) < 4.78 is 0. The van der Waals surface area contributed by atoms with E-state index in [2.05, 4.69) is 34.6 Å². The minimum Gasteiger partial charge on any atom is -0.0654 e. The van der Waals surface area contributed by atoms with Crippen LogP contribution < -0.4 is 0 Å². The van der Waals surface area contributed by atoms with Gasteiger partial charge in [0.15, 0.2) is 0 Å². The Balaban J connectivity index is 1.70. The molecule has 0 aromatic rings. The van der Waals surface area contributed by atoms with Gasteiger partial charge in [-0.25, -0.2) is 0 Å². The molecule has 0 N–H and O–H groups in total. The topological polar surface area (TPSA) is 0 Å². The van der Waals surface area contributed by atoms with Crippen LogP contribution in [-0.2, 0) is 0 Å². The Hall–Kier alpha value is 0. The van der Waals surface area contributed by atoms with Crippen LogP contribution in [0, 0.1) is 35.0 Å². The third-order valence-corrected chi connectivity index (χ3v) is 7.03. The van der Waals surface area contributed by atoms with Crippen LogP contribution in [-0.4, -0.2) is 0 Å². The maximum Gasteiger partial charge on any atom is -0.0295 e. The first kappa shape index (κ1) is 17.4. The van der Waals surface area contributed by atoms with Crippen molar-refractivity contribution in [1.29, 1.82) is 0 Å². The molecule has 2 saturated carbocycles. The molecule has 5 unspecified atom stereocenters. The Bertz CT molecular complexity index is 303. The van der Waals surface area contributed by atoms with Crippen molar-refractivity contribution in [2.75, 3.05) is 0 Å². The molecular weight excluding hydrogens is 252 g/mol. The summed E-state index contributed by atoms with van der Waals surface area (Å²) in [5.74, 6) is 5.22. The zero-order valence-electron chi connectivity index (χ0n) is 15.5. The molecule has 0 radical (unpaired) electrons.